The van der Waals surface area contributed by atoms with Gasteiger partial charge >= 0.3 is 6.18 Å². The van der Waals surface area contributed by atoms with Gasteiger partial charge in [0, 0.05) is 12.5 Å². The molecule has 0 aromatic rings. The van der Waals surface area contributed by atoms with Crippen LogP contribution in [0.2, 0.25) is 0 Å². The molecule has 0 aromatic carbocycles. The number of halogens is 3. The highest BCUT2D eigenvalue weighted by Crippen LogP contribution is 2.33. The van der Waals surface area contributed by atoms with Gasteiger partial charge < -0.3 is 10.0 Å². The van der Waals surface area contributed by atoms with Crippen LogP contribution in [-0.4, -0.2) is 40.8 Å². The zero-order chi connectivity index (χ0) is 14.8. The van der Waals surface area contributed by atoms with Crippen molar-refractivity contribution in [3.8, 4) is 0 Å². The second-order valence-electron chi connectivity index (χ2n) is 5.92. The summed E-state index contributed by atoms with van der Waals surface area (Å²) < 4.78 is 38.0. The molecular weight excluding hydrogens is 271 g/mol. The first-order valence-electron chi connectivity index (χ1n) is 7.46. The van der Waals surface area contributed by atoms with Gasteiger partial charge in [-0.05, 0) is 25.7 Å². The summed E-state index contributed by atoms with van der Waals surface area (Å²) in [6.45, 7) is 0.340. The zero-order valence-corrected chi connectivity index (χ0v) is 11.5. The molecular formula is C14H22F3NO2. The fourth-order valence-corrected chi connectivity index (χ4v) is 3.37. The third-order valence-electron chi connectivity index (χ3n) is 4.49. The van der Waals surface area contributed by atoms with Crippen LogP contribution < -0.4 is 0 Å². The summed E-state index contributed by atoms with van der Waals surface area (Å²) in [6, 6.07) is -1.09. The highest BCUT2D eigenvalue weighted by Gasteiger charge is 2.48. The molecule has 0 radical (unpaired) electrons. The molecule has 0 aromatic heterocycles. The molecule has 2 rings (SSSR count). The third kappa shape index (κ3) is 3.45. The Balaban J connectivity index is 2.04. The first-order valence-corrected chi connectivity index (χ1v) is 7.46. The van der Waals surface area contributed by atoms with Crippen molar-refractivity contribution < 1.29 is 23.1 Å². The molecule has 1 saturated heterocycles. The maximum atomic E-state index is 12.7. The van der Waals surface area contributed by atoms with Gasteiger partial charge in [-0.15, -0.1) is 0 Å². The second-order valence-corrected chi connectivity index (χ2v) is 5.92. The molecule has 20 heavy (non-hydrogen) atoms. The van der Waals surface area contributed by atoms with Gasteiger partial charge in [0.1, 0.15) is 0 Å². The molecule has 1 amide bonds. The van der Waals surface area contributed by atoms with Crippen LogP contribution in [0.5, 0.6) is 0 Å². The van der Waals surface area contributed by atoms with Gasteiger partial charge in [0.05, 0.1) is 6.04 Å². The molecule has 6 heteroatoms. The summed E-state index contributed by atoms with van der Waals surface area (Å²) in [4.78, 5) is 13.7. The number of alkyl halides is 3. The lowest BCUT2D eigenvalue weighted by atomic mass is 9.97. The van der Waals surface area contributed by atoms with E-state index in [9.17, 15) is 23.1 Å². The van der Waals surface area contributed by atoms with Gasteiger partial charge in [-0.1, -0.05) is 25.7 Å². The summed E-state index contributed by atoms with van der Waals surface area (Å²) >= 11 is 0. The molecule has 1 aliphatic carbocycles. The van der Waals surface area contributed by atoms with Gasteiger partial charge in [-0.2, -0.15) is 13.2 Å². The van der Waals surface area contributed by atoms with Crippen LogP contribution in [0.25, 0.3) is 0 Å². The Morgan fingerprint density at radius 1 is 1.05 bits per heavy atom. The number of carbonyl (C=O) groups excluding carboxylic acids is 1. The number of likely N-dealkylation sites (tertiary alicyclic amines) is 1. The van der Waals surface area contributed by atoms with Crippen LogP contribution in [-0.2, 0) is 4.79 Å². The summed E-state index contributed by atoms with van der Waals surface area (Å²) in [7, 11) is 0. The number of aliphatic hydroxyl groups is 1. The number of hydrogen-bond acceptors (Lipinski definition) is 2. The van der Waals surface area contributed by atoms with E-state index in [0.717, 1.165) is 38.5 Å². The van der Waals surface area contributed by atoms with E-state index in [1.807, 2.05) is 0 Å². The van der Waals surface area contributed by atoms with E-state index in [2.05, 4.69) is 0 Å². The molecule has 0 bridgehead atoms. The smallest absolute Gasteiger partial charge is 0.382 e. The number of nitrogens with zero attached hydrogens (tertiary/aromatic N) is 1. The number of carbonyl (C=O) groups is 1. The van der Waals surface area contributed by atoms with E-state index < -0.39 is 18.3 Å². The maximum Gasteiger partial charge on any atom is 0.416 e. The highest BCUT2D eigenvalue weighted by atomic mass is 19.4. The van der Waals surface area contributed by atoms with E-state index in [4.69, 9.17) is 0 Å². The SMILES string of the molecule is O=C(C1CCCCCC1)N1CCC[C@H]1[C@H](O)C(F)(F)F. The minimum atomic E-state index is -4.66. The monoisotopic (exact) mass is 293 g/mol. The first-order chi connectivity index (χ1) is 9.41. The minimum Gasteiger partial charge on any atom is -0.382 e. The number of amides is 1. The third-order valence-corrected chi connectivity index (χ3v) is 4.49. The van der Waals surface area contributed by atoms with Crippen LogP contribution in [0.15, 0.2) is 0 Å². The van der Waals surface area contributed by atoms with Gasteiger partial charge in [0.2, 0.25) is 5.91 Å². The van der Waals surface area contributed by atoms with Gasteiger partial charge in [-0.25, -0.2) is 0 Å². The van der Waals surface area contributed by atoms with Crippen molar-refractivity contribution in [2.24, 2.45) is 5.92 Å². The number of hydrogen-bond donors (Lipinski definition) is 1. The predicted molar refractivity (Wildman–Crippen MR) is 68.0 cm³/mol. The standard InChI is InChI=1S/C14H22F3NO2/c15-14(16,17)12(19)11-8-5-9-18(11)13(20)10-6-3-1-2-4-7-10/h10-12,19H,1-9H2/t11-,12-/m0/s1. The van der Waals surface area contributed by atoms with Crippen molar-refractivity contribution in [2.75, 3.05) is 6.54 Å². The van der Waals surface area contributed by atoms with Crippen molar-refractivity contribution in [1.82, 2.24) is 4.90 Å². The Hall–Kier alpha value is -0.780. The Morgan fingerprint density at radius 2 is 1.65 bits per heavy atom. The lowest BCUT2D eigenvalue weighted by Gasteiger charge is -2.32. The van der Waals surface area contributed by atoms with E-state index >= 15 is 0 Å². The molecule has 1 N–H and O–H groups in total. The zero-order valence-electron chi connectivity index (χ0n) is 11.5. The van der Waals surface area contributed by atoms with Gasteiger partial charge in [0.15, 0.2) is 6.10 Å². The molecule has 2 fully saturated rings. The topological polar surface area (TPSA) is 40.5 Å². The molecule has 0 spiro atoms. The second kappa shape index (κ2) is 6.33. The van der Waals surface area contributed by atoms with Crippen molar-refractivity contribution >= 4 is 5.91 Å². The highest BCUT2D eigenvalue weighted by molar-refractivity contribution is 5.79. The minimum absolute atomic E-state index is 0.154. The molecule has 3 nitrogen and oxygen atoms in total. The number of aliphatic hydroxyl groups excluding tert-OH is 1. The molecule has 2 atom stereocenters. The molecule has 1 saturated carbocycles. The fourth-order valence-electron chi connectivity index (χ4n) is 3.37. The number of rotatable bonds is 2. The predicted octanol–water partition coefficient (Wildman–Crippen LogP) is 2.87. The Kier molecular flexibility index (Phi) is 4.94. The average molecular weight is 293 g/mol. The van der Waals surface area contributed by atoms with Crippen LogP contribution in [0.3, 0.4) is 0 Å². The van der Waals surface area contributed by atoms with E-state index in [0.29, 0.717) is 13.0 Å². The molecule has 1 aliphatic heterocycles. The Bertz CT molecular complexity index is 338. The van der Waals surface area contributed by atoms with E-state index in [-0.39, 0.29) is 18.2 Å². The maximum absolute atomic E-state index is 12.7. The first kappa shape index (κ1) is 15.6. The molecule has 1 heterocycles. The Labute approximate surface area is 117 Å². The largest absolute Gasteiger partial charge is 0.416 e. The van der Waals surface area contributed by atoms with Crippen LogP contribution in [0.1, 0.15) is 51.4 Å². The molecule has 2 aliphatic rings. The van der Waals surface area contributed by atoms with Crippen LogP contribution >= 0.6 is 0 Å². The Morgan fingerprint density at radius 3 is 2.20 bits per heavy atom. The molecule has 0 unspecified atom stereocenters. The lowest BCUT2D eigenvalue weighted by Crippen LogP contribution is -2.50. The van der Waals surface area contributed by atoms with Crippen LogP contribution in [0, 0.1) is 5.92 Å². The summed E-state index contributed by atoms with van der Waals surface area (Å²) in [5.74, 6) is -0.337. The van der Waals surface area contributed by atoms with Crippen molar-refractivity contribution in [3.05, 3.63) is 0 Å². The quantitative estimate of drug-likeness (QED) is 0.795. The van der Waals surface area contributed by atoms with Crippen molar-refractivity contribution in [3.63, 3.8) is 0 Å². The average Bonchev–Trinajstić information content (AvgIpc) is 2.70. The van der Waals surface area contributed by atoms with Crippen molar-refractivity contribution in [2.45, 2.75) is 69.7 Å². The summed E-state index contributed by atoms with van der Waals surface area (Å²) in [6.07, 6.45) is -0.634. The summed E-state index contributed by atoms with van der Waals surface area (Å²) in [5.41, 5.74) is 0. The fraction of sp³-hybridized carbons (Fsp3) is 0.929. The lowest BCUT2D eigenvalue weighted by molar-refractivity contribution is -0.219. The summed E-state index contributed by atoms with van der Waals surface area (Å²) in [5, 5.41) is 9.44. The normalized spacial score (nSPS) is 27.4. The van der Waals surface area contributed by atoms with Crippen molar-refractivity contribution in [1.29, 1.82) is 0 Å². The molecule has 116 valence electrons. The van der Waals surface area contributed by atoms with E-state index in [1.165, 1.54) is 4.90 Å². The van der Waals surface area contributed by atoms with E-state index in [1.54, 1.807) is 0 Å². The van der Waals surface area contributed by atoms with Gasteiger partial charge in [-0.3, -0.25) is 4.79 Å². The van der Waals surface area contributed by atoms with Gasteiger partial charge in [0.25, 0.3) is 0 Å². The van der Waals surface area contributed by atoms with Crippen LogP contribution in [0.4, 0.5) is 13.2 Å².